The van der Waals surface area contributed by atoms with E-state index in [9.17, 15) is 4.79 Å². The Morgan fingerprint density at radius 1 is 1.24 bits per heavy atom. The molecule has 1 amide bonds. The summed E-state index contributed by atoms with van der Waals surface area (Å²) >= 11 is 6.58. The van der Waals surface area contributed by atoms with Gasteiger partial charge in [-0.05, 0) is 30.2 Å². The number of methoxy groups -OCH3 is 2. The largest absolute Gasteiger partial charge is 0.493 e. The lowest BCUT2D eigenvalue weighted by atomic mass is 10.2. The Morgan fingerprint density at radius 3 is 2.72 bits per heavy atom. The van der Waals surface area contributed by atoms with Crippen molar-refractivity contribution >= 4 is 40.3 Å². The highest BCUT2D eigenvalue weighted by Crippen LogP contribution is 2.34. The summed E-state index contributed by atoms with van der Waals surface area (Å²) in [5.41, 5.74) is 0.868. The van der Waals surface area contributed by atoms with Gasteiger partial charge in [0.2, 0.25) is 0 Å². The molecule has 5 nitrogen and oxygen atoms in total. The molecule has 2 rings (SSSR count). The fourth-order valence-electron chi connectivity index (χ4n) is 2.25. The first-order valence-corrected chi connectivity index (χ1v) is 9.38. The zero-order valence-electron chi connectivity index (χ0n) is 14.7. The van der Waals surface area contributed by atoms with Crippen LogP contribution >= 0.6 is 24.0 Å². The summed E-state index contributed by atoms with van der Waals surface area (Å²) in [6.07, 6.45) is 3.89. The molecule has 0 unspecified atom stereocenters. The maximum absolute atomic E-state index is 12.5. The van der Waals surface area contributed by atoms with E-state index in [1.165, 1.54) is 11.8 Å². The normalized spacial score (nSPS) is 16.0. The van der Waals surface area contributed by atoms with Gasteiger partial charge >= 0.3 is 0 Å². The molecule has 136 valence electrons. The molecule has 7 heteroatoms. The molecule has 0 spiro atoms. The Labute approximate surface area is 158 Å². The molecule has 0 aromatic heterocycles. The van der Waals surface area contributed by atoms with Crippen LogP contribution in [-0.2, 0) is 9.53 Å². The van der Waals surface area contributed by atoms with Crippen molar-refractivity contribution in [2.24, 2.45) is 0 Å². The van der Waals surface area contributed by atoms with E-state index in [0.717, 1.165) is 18.4 Å². The third kappa shape index (κ3) is 5.20. The van der Waals surface area contributed by atoms with Crippen molar-refractivity contribution in [1.29, 1.82) is 0 Å². The van der Waals surface area contributed by atoms with Gasteiger partial charge in [-0.2, -0.15) is 0 Å². The van der Waals surface area contributed by atoms with E-state index in [0.29, 0.717) is 40.5 Å². The maximum atomic E-state index is 12.5. The second kappa shape index (κ2) is 9.79. The number of rotatable bonds is 9. The number of carbonyl (C=O) groups excluding carboxylic acids is 1. The van der Waals surface area contributed by atoms with Crippen LogP contribution in [0.2, 0.25) is 0 Å². The summed E-state index contributed by atoms with van der Waals surface area (Å²) in [6.45, 7) is 3.69. The van der Waals surface area contributed by atoms with Gasteiger partial charge in [-0.15, -0.1) is 0 Å². The predicted octanol–water partition coefficient (Wildman–Crippen LogP) is 3.72. The SMILES string of the molecule is CCCCOc1ccc(C=C2SC(=S)N(CCOC)C2=O)cc1OC. The smallest absolute Gasteiger partial charge is 0.266 e. The maximum Gasteiger partial charge on any atom is 0.266 e. The van der Waals surface area contributed by atoms with Crippen molar-refractivity contribution in [3.05, 3.63) is 28.7 Å². The summed E-state index contributed by atoms with van der Waals surface area (Å²) in [4.78, 5) is 14.6. The van der Waals surface area contributed by atoms with Crippen LogP contribution < -0.4 is 9.47 Å². The fourth-order valence-corrected chi connectivity index (χ4v) is 3.55. The van der Waals surface area contributed by atoms with Gasteiger partial charge in [-0.25, -0.2) is 0 Å². The number of hydrogen-bond acceptors (Lipinski definition) is 6. The van der Waals surface area contributed by atoms with E-state index >= 15 is 0 Å². The number of amides is 1. The predicted molar refractivity (Wildman–Crippen MR) is 105 cm³/mol. The fraction of sp³-hybridized carbons (Fsp3) is 0.444. The van der Waals surface area contributed by atoms with Gasteiger partial charge in [0.15, 0.2) is 11.5 Å². The number of ether oxygens (including phenoxy) is 3. The molecule has 0 radical (unpaired) electrons. The number of thiocarbonyl (C=S) groups is 1. The molecule has 0 atom stereocenters. The zero-order valence-corrected chi connectivity index (χ0v) is 16.4. The summed E-state index contributed by atoms with van der Waals surface area (Å²) < 4.78 is 16.7. The molecule has 1 heterocycles. The van der Waals surface area contributed by atoms with Gasteiger partial charge in [-0.1, -0.05) is 43.4 Å². The summed E-state index contributed by atoms with van der Waals surface area (Å²) in [5.74, 6) is 1.27. The molecule has 0 N–H and O–H groups in total. The van der Waals surface area contributed by atoms with Crippen LogP contribution in [0.1, 0.15) is 25.3 Å². The van der Waals surface area contributed by atoms with Crippen molar-refractivity contribution in [3.63, 3.8) is 0 Å². The Hall–Kier alpha value is -1.57. The van der Waals surface area contributed by atoms with E-state index in [1.807, 2.05) is 24.3 Å². The molecule has 25 heavy (non-hydrogen) atoms. The number of nitrogens with zero attached hydrogens (tertiary/aromatic N) is 1. The Kier molecular flexibility index (Phi) is 7.74. The number of hydrogen-bond donors (Lipinski definition) is 0. The molecule has 1 saturated heterocycles. The van der Waals surface area contributed by atoms with Gasteiger partial charge < -0.3 is 14.2 Å². The lowest BCUT2D eigenvalue weighted by Gasteiger charge is -2.13. The molecule has 0 aliphatic carbocycles. The van der Waals surface area contributed by atoms with Crippen molar-refractivity contribution in [3.8, 4) is 11.5 Å². The van der Waals surface area contributed by atoms with Gasteiger partial charge in [0.1, 0.15) is 4.32 Å². The Balaban J connectivity index is 2.15. The van der Waals surface area contributed by atoms with E-state index in [4.69, 9.17) is 26.4 Å². The minimum Gasteiger partial charge on any atom is -0.493 e. The number of unbranched alkanes of at least 4 members (excludes halogenated alkanes) is 1. The van der Waals surface area contributed by atoms with Gasteiger partial charge in [0.05, 0.1) is 31.8 Å². The molecule has 1 aliphatic rings. The molecular weight excluding hydrogens is 358 g/mol. The van der Waals surface area contributed by atoms with Crippen LogP contribution in [0.4, 0.5) is 0 Å². The van der Waals surface area contributed by atoms with Crippen LogP contribution in [0, 0.1) is 0 Å². The quantitative estimate of drug-likeness (QED) is 0.369. The lowest BCUT2D eigenvalue weighted by Crippen LogP contribution is -2.31. The summed E-state index contributed by atoms with van der Waals surface area (Å²) in [5, 5.41) is 0. The highest BCUT2D eigenvalue weighted by molar-refractivity contribution is 8.26. The highest BCUT2D eigenvalue weighted by atomic mass is 32.2. The van der Waals surface area contributed by atoms with E-state index in [-0.39, 0.29) is 5.91 Å². The Bertz CT molecular complexity index is 660. The Morgan fingerprint density at radius 2 is 2.04 bits per heavy atom. The minimum atomic E-state index is -0.0886. The molecule has 0 saturated carbocycles. The van der Waals surface area contributed by atoms with E-state index in [2.05, 4.69) is 6.92 Å². The van der Waals surface area contributed by atoms with Crippen LogP contribution in [0.15, 0.2) is 23.1 Å². The third-order valence-corrected chi connectivity index (χ3v) is 5.01. The van der Waals surface area contributed by atoms with Crippen molar-refractivity contribution in [2.75, 3.05) is 34.0 Å². The second-order valence-corrected chi connectivity index (χ2v) is 7.11. The van der Waals surface area contributed by atoms with Crippen LogP contribution in [0.3, 0.4) is 0 Å². The van der Waals surface area contributed by atoms with Crippen molar-refractivity contribution in [2.45, 2.75) is 19.8 Å². The standard InChI is InChI=1S/C18H23NO4S2/c1-4-5-9-23-14-7-6-13(11-15(14)22-3)12-16-17(20)19(8-10-21-2)18(24)25-16/h6-7,11-12H,4-5,8-10H2,1-3H3. The highest BCUT2D eigenvalue weighted by Gasteiger charge is 2.31. The second-order valence-electron chi connectivity index (χ2n) is 5.44. The monoisotopic (exact) mass is 381 g/mol. The lowest BCUT2D eigenvalue weighted by molar-refractivity contribution is -0.122. The van der Waals surface area contributed by atoms with E-state index < -0.39 is 0 Å². The molecule has 1 aromatic rings. The molecule has 1 aliphatic heterocycles. The van der Waals surface area contributed by atoms with Crippen LogP contribution in [-0.4, -0.2) is 49.1 Å². The number of benzene rings is 1. The minimum absolute atomic E-state index is 0.0886. The summed E-state index contributed by atoms with van der Waals surface area (Å²) in [7, 11) is 3.21. The molecule has 0 bridgehead atoms. The van der Waals surface area contributed by atoms with Gasteiger partial charge in [0, 0.05) is 7.11 Å². The molecular formula is C18H23NO4S2. The third-order valence-electron chi connectivity index (χ3n) is 3.63. The number of thioether (sulfide) groups is 1. The molecule has 1 fully saturated rings. The van der Waals surface area contributed by atoms with Crippen molar-refractivity contribution < 1.29 is 19.0 Å². The van der Waals surface area contributed by atoms with Crippen LogP contribution in [0.25, 0.3) is 6.08 Å². The van der Waals surface area contributed by atoms with Crippen LogP contribution in [0.5, 0.6) is 11.5 Å². The first-order chi connectivity index (χ1) is 12.1. The zero-order chi connectivity index (χ0) is 18.2. The average Bonchev–Trinajstić information content (AvgIpc) is 2.87. The first-order valence-electron chi connectivity index (χ1n) is 8.15. The van der Waals surface area contributed by atoms with Gasteiger partial charge in [0.25, 0.3) is 5.91 Å². The molecule has 1 aromatic carbocycles. The first kappa shape index (κ1) is 19.8. The average molecular weight is 382 g/mol. The van der Waals surface area contributed by atoms with E-state index in [1.54, 1.807) is 19.1 Å². The van der Waals surface area contributed by atoms with Crippen molar-refractivity contribution in [1.82, 2.24) is 4.90 Å². The summed E-state index contributed by atoms with van der Waals surface area (Å²) in [6, 6.07) is 5.64. The number of carbonyl (C=O) groups is 1. The van der Waals surface area contributed by atoms with Gasteiger partial charge in [-0.3, -0.25) is 9.69 Å². The topological polar surface area (TPSA) is 48.0 Å².